The average molecular weight is 1370 g/mol. The standard InChI is InChI=1S/C74H144O17P2/c1-7-9-11-13-15-17-19-26-34-40-46-52-58-73(78)90-69(62-84-71(76)56-50-44-38-32-24-18-16-14-12-10-8-2)64-88-92(80,81)86-60-68(75)61-87-93(82,83)89-65-70(63-85-72(77)57-51-45-39-33-29-28-31-37-43-49-55-67(5)6)91-74(79)59-53-47-41-35-27-23-21-20-22-25-30-36-42-48-54-66(3)4/h66-70,75H,7-65H2,1-6H3,(H,80,81)(H,82,83)/t68-,69+,70+/m0/s1. The maximum atomic E-state index is 13.1. The van der Waals surface area contributed by atoms with Crippen molar-refractivity contribution in [1.29, 1.82) is 0 Å². The molecule has 0 radical (unpaired) electrons. The van der Waals surface area contributed by atoms with E-state index in [2.05, 4.69) is 41.5 Å². The molecule has 19 heteroatoms. The van der Waals surface area contributed by atoms with Gasteiger partial charge in [0.15, 0.2) is 12.2 Å². The van der Waals surface area contributed by atoms with Crippen LogP contribution >= 0.6 is 15.6 Å². The van der Waals surface area contributed by atoms with Crippen LogP contribution in [-0.2, 0) is 65.4 Å². The summed E-state index contributed by atoms with van der Waals surface area (Å²) in [7, 11) is -9.91. The lowest BCUT2D eigenvalue weighted by Crippen LogP contribution is -2.30. The van der Waals surface area contributed by atoms with Gasteiger partial charge < -0.3 is 33.8 Å². The predicted octanol–water partition coefficient (Wildman–Crippen LogP) is 21.6. The molecule has 0 aromatic heterocycles. The number of aliphatic hydroxyl groups is 1. The molecule has 0 amide bonds. The highest BCUT2D eigenvalue weighted by atomic mass is 31.2. The number of unbranched alkanes of at least 4 members (excludes halogenated alkanes) is 43. The molecule has 5 atom stereocenters. The van der Waals surface area contributed by atoms with Gasteiger partial charge in [0.05, 0.1) is 26.4 Å². The molecule has 0 aliphatic carbocycles. The van der Waals surface area contributed by atoms with Crippen molar-refractivity contribution in [2.45, 2.75) is 400 Å². The van der Waals surface area contributed by atoms with Crippen molar-refractivity contribution in [1.82, 2.24) is 0 Å². The maximum Gasteiger partial charge on any atom is 0.472 e. The minimum absolute atomic E-state index is 0.107. The first-order valence-electron chi connectivity index (χ1n) is 38.5. The monoisotopic (exact) mass is 1370 g/mol. The molecular formula is C74H144O17P2. The van der Waals surface area contributed by atoms with Crippen LogP contribution in [0.15, 0.2) is 0 Å². The topological polar surface area (TPSA) is 237 Å². The molecule has 0 heterocycles. The van der Waals surface area contributed by atoms with Crippen LogP contribution in [0, 0.1) is 11.8 Å². The van der Waals surface area contributed by atoms with Gasteiger partial charge in [0.2, 0.25) is 0 Å². The van der Waals surface area contributed by atoms with Crippen molar-refractivity contribution in [3.63, 3.8) is 0 Å². The van der Waals surface area contributed by atoms with Crippen molar-refractivity contribution >= 4 is 39.5 Å². The lowest BCUT2D eigenvalue weighted by molar-refractivity contribution is -0.161. The number of phosphoric ester groups is 2. The molecule has 3 N–H and O–H groups in total. The van der Waals surface area contributed by atoms with Crippen LogP contribution in [0.4, 0.5) is 0 Å². The van der Waals surface area contributed by atoms with Crippen molar-refractivity contribution in [2.24, 2.45) is 11.8 Å². The van der Waals surface area contributed by atoms with Gasteiger partial charge in [-0.3, -0.25) is 37.3 Å². The molecule has 0 spiro atoms. The number of phosphoric acid groups is 2. The van der Waals surface area contributed by atoms with Gasteiger partial charge in [0.25, 0.3) is 0 Å². The third-order valence-corrected chi connectivity index (χ3v) is 19.1. The van der Waals surface area contributed by atoms with E-state index in [1.54, 1.807) is 0 Å². The summed E-state index contributed by atoms with van der Waals surface area (Å²) in [5.41, 5.74) is 0. The Morgan fingerprint density at radius 1 is 0.290 bits per heavy atom. The SMILES string of the molecule is CCCCCCCCCCCCCCC(=O)O[C@H](COC(=O)CCCCCCCCCCCCC)COP(=O)(O)OC[C@H](O)COP(=O)(O)OC[C@@H](COC(=O)CCCCCCCCCCCCC(C)C)OC(=O)CCCCCCCCCCCCCCCCC(C)C. The summed E-state index contributed by atoms with van der Waals surface area (Å²) in [6.07, 6.45) is 52.5. The van der Waals surface area contributed by atoms with Crippen molar-refractivity contribution in [3.05, 3.63) is 0 Å². The summed E-state index contributed by atoms with van der Waals surface area (Å²) >= 11 is 0. The number of ether oxygens (including phenoxy) is 4. The number of esters is 4. The predicted molar refractivity (Wildman–Crippen MR) is 377 cm³/mol. The van der Waals surface area contributed by atoms with E-state index in [-0.39, 0.29) is 25.7 Å². The Morgan fingerprint density at radius 3 is 0.731 bits per heavy atom. The molecule has 2 unspecified atom stereocenters. The highest BCUT2D eigenvalue weighted by Crippen LogP contribution is 2.45. The second-order valence-corrected chi connectivity index (χ2v) is 30.5. The van der Waals surface area contributed by atoms with Gasteiger partial charge in [-0.05, 0) is 37.5 Å². The van der Waals surface area contributed by atoms with Crippen LogP contribution in [-0.4, -0.2) is 96.7 Å². The minimum atomic E-state index is -4.96. The fraction of sp³-hybridized carbons (Fsp3) is 0.946. The smallest absolute Gasteiger partial charge is 0.462 e. The highest BCUT2D eigenvalue weighted by Gasteiger charge is 2.30. The Balaban J connectivity index is 5.25. The fourth-order valence-corrected chi connectivity index (χ4v) is 12.9. The van der Waals surface area contributed by atoms with E-state index in [9.17, 15) is 43.2 Å². The minimum Gasteiger partial charge on any atom is -0.462 e. The van der Waals surface area contributed by atoms with Crippen LogP contribution in [0.5, 0.6) is 0 Å². The molecule has 0 aromatic carbocycles. The Morgan fingerprint density at radius 2 is 0.495 bits per heavy atom. The molecule has 0 aliphatic heterocycles. The van der Waals surface area contributed by atoms with Gasteiger partial charge in [-0.15, -0.1) is 0 Å². The first kappa shape index (κ1) is 91.1. The zero-order chi connectivity index (χ0) is 68.6. The summed E-state index contributed by atoms with van der Waals surface area (Å²) in [6, 6.07) is 0. The molecule has 552 valence electrons. The zero-order valence-electron chi connectivity index (χ0n) is 60.6. The van der Waals surface area contributed by atoms with E-state index in [0.717, 1.165) is 102 Å². The molecule has 93 heavy (non-hydrogen) atoms. The summed E-state index contributed by atoms with van der Waals surface area (Å²) in [4.78, 5) is 72.7. The highest BCUT2D eigenvalue weighted by molar-refractivity contribution is 7.47. The molecule has 0 rings (SSSR count). The van der Waals surface area contributed by atoms with Crippen LogP contribution in [0.1, 0.15) is 382 Å². The summed E-state index contributed by atoms with van der Waals surface area (Å²) in [6.45, 7) is 9.60. The van der Waals surface area contributed by atoms with E-state index < -0.39 is 97.5 Å². The van der Waals surface area contributed by atoms with Crippen molar-refractivity contribution in [3.8, 4) is 0 Å². The average Bonchev–Trinajstić information content (AvgIpc) is 2.05. The van der Waals surface area contributed by atoms with Gasteiger partial charge in [0, 0.05) is 25.7 Å². The molecule has 0 bridgehead atoms. The lowest BCUT2D eigenvalue weighted by Gasteiger charge is -2.21. The quantitative estimate of drug-likeness (QED) is 0.0222. The Kier molecular flexibility index (Phi) is 64.6. The Labute approximate surface area is 568 Å². The maximum absolute atomic E-state index is 13.1. The van der Waals surface area contributed by atoms with Crippen molar-refractivity contribution in [2.75, 3.05) is 39.6 Å². The van der Waals surface area contributed by atoms with Gasteiger partial charge >= 0.3 is 39.5 Å². The van der Waals surface area contributed by atoms with Crippen LogP contribution < -0.4 is 0 Å². The van der Waals surface area contributed by atoms with Crippen LogP contribution in [0.2, 0.25) is 0 Å². The molecule has 0 aliphatic rings. The normalized spacial score (nSPS) is 14.1. The third-order valence-electron chi connectivity index (χ3n) is 17.2. The summed E-state index contributed by atoms with van der Waals surface area (Å²) < 4.78 is 68.5. The molecule has 0 aromatic rings. The largest absolute Gasteiger partial charge is 0.472 e. The van der Waals surface area contributed by atoms with Gasteiger partial charge in [-0.2, -0.15) is 0 Å². The van der Waals surface area contributed by atoms with Gasteiger partial charge in [-0.1, -0.05) is 330 Å². The van der Waals surface area contributed by atoms with Crippen LogP contribution in [0.25, 0.3) is 0 Å². The number of hydrogen-bond acceptors (Lipinski definition) is 15. The van der Waals surface area contributed by atoms with Crippen LogP contribution in [0.3, 0.4) is 0 Å². The van der Waals surface area contributed by atoms with E-state index in [1.807, 2.05) is 0 Å². The van der Waals surface area contributed by atoms with Crippen molar-refractivity contribution < 1.29 is 80.2 Å². The number of rotatable bonds is 73. The molecule has 17 nitrogen and oxygen atoms in total. The van der Waals surface area contributed by atoms with E-state index in [1.165, 1.54) is 199 Å². The van der Waals surface area contributed by atoms with E-state index in [4.69, 9.17) is 37.0 Å². The molecular weight excluding hydrogens is 1220 g/mol. The lowest BCUT2D eigenvalue weighted by atomic mass is 10.0. The van der Waals surface area contributed by atoms with E-state index in [0.29, 0.717) is 25.7 Å². The summed E-state index contributed by atoms with van der Waals surface area (Å²) in [5, 5.41) is 10.6. The number of carbonyl (C=O) groups is 4. The first-order chi connectivity index (χ1) is 44.9. The number of aliphatic hydroxyl groups excluding tert-OH is 1. The zero-order valence-corrected chi connectivity index (χ0v) is 62.3. The first-order valence-corrected chi connectivity index (χ1v) is 41.5. The summed E-state index contributed by atoms with van der Waals surface area (Å²) in [5.74, 6) is -0.563. The van der Waals surface area contributed by atoms with Gasteiger partial charge in [-0.25, -0.2) is 9.13 Å². The molecule has 0 fully saturated rings. The third kappa shape index (κ3) is 68.4. The Hall–Kier alpha value is -1.94. The van der Waals surface area contributed by atoms with Gasteiger partial charge in [0.1, 0.15) is 19.3 Å². The second kappa shape index (κ2) is 66.0. The molecule has 0 saturated carbocycles. The Bertz CT molecular complexity index is 1800. The van der Waals surface area contributed by atoms with E-state index >= 15 is 0 Å². The molecule has 0 saturated heterocycles. The number of hydrogen-bond donors (Lipinski definition) is 3. The second-order valence-electron chi connectivity index (χ2n) is 27.6. The number of carbonyl (C=O) groups excluding carboxylic acids is 4. The fourth-order valence-electron chi connectivity index (χ4n) is 11.3.